The van der Waals surface area contributed by atoms with Crippen LogP contribution in [0, 0.1) is 0 Å². The first-order valence-corrected chi connectivity index (χ1v) is 16.1. The van der Waals surface area contributed by atoms with Crippen molar-refractivity contribution in [2.75, 3.05) is 0 Å². The highest BCUT2D eigenvalue weighted by atomic mass is 14.8. The molecule has 0 N–H and O–H groups in total. The molecule has 0 aliphatic heterocycles. The van der Waals surface area contributed by atoms with Gasteiger partial charge in [0, 0.05) is 52.3 Å². The minimum absolute atomic E-state index is 0.890. The van der Waals surface area contributed by atoms with Gasteiger partial charge in [0.05, 0.1) is 22.4 Å². The summed E-state index contributed by atoms with van der Waals surface area (Å²) in [5.41, 5.74) is 10.4. The van der Waals surface area contributed by atoms with Crippen molar-refractivity contribution in [2.45, 2.75) is 0 Å². The Morgan fingerprint density at radius 2 is 0.792 bits per heavy atom. The maximum absolute atomic E-state index is 5.17. The third-order valence-electron chi connectivity index (χ3n) is 9.61. The van der Waals surface area contributed by atoms with Crippen LogP contribution in [0.2, 0.25) is 0 Å². The van der Waals surface area contributed by atoms with Crippen molar-refractivity contribution in [3.63, 3.8) is 0 Å². The van der Waals surface area contributed by atoms with Crippen molar-refractivity contribution in [1.29, 1.82) is 0 Å². The van der Waals surface area contributed by atoms with Gasteiger partial charge < -0.3 is 0 Å². The number of hydrogen-bond donors (Lipinski definition) is 0. The lowest BCUT2D eigenvalue weighted by atomic mass is 9.87. The van der Waals surface area contributed by atoms with Gasteiger partial charge >= 0.3 is 0 Å². The molecule has 4 nitrogen and oxygen atoms in total. The van der Waals surface area contributed by atoms with Crippen LogP contribution in [-0.2, 0) is 0 Å². The minimum Gasteiger partial charge on any atom is -0.264 e. The van der Waals surface area contributed by atoms with Crippen LogP contribution in [0.5, 0.6) is 0 Å². The Balaban J connectivity index is 1.08. The molecule has 10 rings (SSSR count). The van der Waals surface area contributed by atoms with E-state index in [1.165, 1.54) is 49.0 Å². The molecule has 0 bridgehead atoms. The standard InChI is InChI=1S/C44H26N4/c1-3-33(25-45-23-1)36-18-12-30-13-19-37-35(17-11-29-14-20-38(36)42(30)41(29)37)27-5-7-28(8-6-27)39-21-15-31-9-10-32-16-22-40(34-4-2-24-46-26-34)48-44(32)43(31)47-39/h1-26H. The zero-order valence-corrected chi connectivity index (χ0v) is 25.8. The number of fused-ring (bicyclic) bond motifs is 3. The molecule has 0 saturated heterocycles. The van der Waals surface area contributed by atoms with Gasteiger partial charge in [-0.1, -0.05) is 103 Å². The van der Waals surface area contributed by atoms with E-state index in [-0.39, 0.29) is 0 Å². The molecule has 0 aliphatic rings. The van der Waals surface area contributed by atoms with E-state index in [9.17, 15) is 0 Å². The average Bonchev–Trinajstić information content (AvgIpc) is 3.17. The smallest absolute Gasteiger partial charge is 0.0972 e. The summed E-state index contributed by atoms with van der Waals surface area (Å²) in [6.07, 6.45) is 7.40. The molecule has 10 aromatic rings. The highest BCUT2D eigenvalue weighted by Gasteiger charge is 2.15. The average molecular weight is 611 g/mol. The van der Waals surface area contributed by atoms with Crippen molar-refractivity contribution < 1.29 is 0 Å². The fraction of sp³-hybridized carbons (Fsp3) is 0. The molecule has 0 spiro atoms. The number of benzene rings is 6. The van der Waals surface area contributed by atoms with Crippen LogP contribution in [0.3, 0.4) is 0 Å². The first-order valence-electron chi connectivity index (χ1n) is 16.1. The van der Waals surface area contributed by atoms with E-state index in [2.05, 4.69) is 119 Å². The van der Waals surface area contributed by atoms with Crippen molar-refractivity contribution in [3.05, 3.63) is 158 Å². The first-order chi connectivity index (χ1) is 23.8. The summed E-state index contributed by atoms with van der Waals surface area (Å²) in [6, 6.07) is 47.6. The summed E-state index contributed by atoms with van der Waals surface area (Å²) in [7, 11) is 0. The molecule has 4 aromatic heterocycles. The van der Waals surface area contributed by atoms with E-state index in [1.807, 2.05) is 42.9 Å². The molecule has 4 heteroatoms. The van der Waals surface area contributed by atoms with Crippen LogP contribution >= 0.6 is 0 Å². The molecule has 0 saturated carbocycles. The lowest BCUT2D eigenvalue weighted by Crippen LogP contribution is -1.91. The van der Waals surface area contributed by atoms with Gasteiger partial charge in [-0.2, -0.15) is 0 Å². The summed E-state index contributed by atoms with van der Waals surface area (Å²) in [4.78, 5) is 18.9. The van der Waals surface area contributed by atoms with Gasteiger partial charge in [0.25, 0.3) is 0 Å². The third kappa shape index (κ3) is 4.16. The lowest BCUT2D eigenvalue weighted by Gasteiger charge is -2.16. The Kier molecular flexibility index (Phi) is 5.84. The van der Waals surface area contributed by atoms with Gasteiger partial charge in [-0.25, -0.2) is 9.97 Å². The number of aromatic nitrogens is 4. The molecule has 0 aliphatic carbocycles. The molecule has 0 fully saturated rings. The molecule has 0 unspecified atom stereocenters. The predicted molar refractivity (Wildman–Crippen MR) is 198 cm³/mol. The number of nitrogens with zero attached hydrogens (tertiary/aromatic N) is 4. The number of rotatable bonds is 4. The second kappa shape index (κ2) is 10.5. The maximum atomic E-state index is 5.17. The fourth-order valence-electron chi connectivity index (χ4n) is 7.25. The monoisotopic (exact) mass is 610 g/mol. The van der Waals surface area contributed by atoms with E-state index >= 15 is 0 Å². The Morgan fingerprint density at radius 1 is 0.333 bits per heavy atom. The normalized spacial score (nSPS) is 11.8. The van der Waals surface area contributed by atoms with E-state index < -0.39 is 0 Å². The predicted octanol–water partition coefficient (Wildman–Crippen LogP) is 11.1. The van der Waals surface area contributed by atoms with Crippen molar-refractivity contribution in [2.24, 2.45) is 0 Å². The number of pyridine rings is 4. The molecular weight excluding hydrogens is 585 g/mol. The Morgan fingerprint density at radius 3 is 1.35 bits per heavy atom. The van der Waals surface area contributed by atoms with Crippen molar-refractivity contribution in [1.82, 2.24) is 19.9 Å². The van der Waals surface area contributed by atoms with E-state index in [1.54, 1.807) is 6.20 Å². The molecule has 6 aromatic carbocycles. The summed E-state index contributed by atoms with van der Waals surface area (Å²) < 4.78 is 0. The zero-order chi connectivity index (χ0) is 31.6. The Bertz CT molecular complexity index is 2810. The molecule has 4 heterocycles. The maximum Gasteiger partial charge on any atom is 0.0972 e. The quantitative estimate of drug-likeness (QED) is 0.186. The highest BCUT2D eigenvalue weighted by molar-refractivity contribution is 6.27. The molecule has 0 amide bonds. The van der Waals surface area contributed by atoms with Crippen LogP contribution in [0.1, 0.15) is 0 Å². The van der Waals surface area contributed by atoms with Crippen molar-refractivity contribution in [3.8, 4) is 44.8 Å². The van der Waals surface area contributed by atoms with Gasteiger partial charge in [-0.3, -0.25) is 9.97 Å². The second-order valence-corrected chi connectivity index (χ2v) is 12.3. The SMILES string of the molecule is c1cncc(-c2ccc3ccc4ccc(-c5ccc(-c6ccc7ccc8c(-c9cccnc9)ccc9ccc6c7c98)cc5)nc4c3n2)c1. The van der Waals surface area contributed by atoms with Crippen LogP contribution in [0.4, 0.5) is 0 Å². The molecule has 48 heavy (non-hydrogen) atoms. The largest absolute Gasteiger partial charge is 0.264 e. The zero-order valence-electron chi connectivity index (χ0n) is 25.8. The summed E-state index contributed by atoms with van der Waals surface area (Å²) in [5.74, 6) is 0. The van der Waals surface area contributed by atoms with E-state index in [0.717, 1.165) is 49.9 Å². The lowest BCUT2D eigenvalue weighted by molar-refractivity contribution is 1.30. The molecule has 0 atom stereocenters. The fourth-order valence-corrected chi connectivity index (χ4v) is 7.25. The minimum atomic E-state index is 0.890. The van der Waals surface area contributed by atoms with Gasteiger partial charge in [-0.15, -0.1) is 0 Å². The molecule has 0 radical (unpaired) electrons. The van der Waals surface area contributed by atoms with Gasteiger partial charge in [0.2, 0.25) is 0 Å². The summed E-state index contributed by atoms with van der Waals surface area (Å²) in [6.45, 7) is 0. The molecule has 222 valence electrons. The van der Waals surface area contributed by atoms with Gasteiger partial charge in [-0.05, 0) is 79.3 Å². The van der Waals surface area contributed by atoms with Crippen LogP contribution in [-0.4, -0.2) is 19.9 Å². The summed E-state index contributed by atoms with van der Waals surface area (Å²) >= 11 is 0. The second-order valence-electron chi connectivity index (χ2n) is 12.3. The number of hydrogen-bond acceptors (Lipinski definition) is 4. The van der Waals surface area contributed by atoms with Gasteiger partial charge in [0.15, 0.2) is 0 Å². The Hall–Kier alpha value is -6.52. The highest BCUT2D eigenvalue weighted by Crippen LogP contribution is 2.42. The third-order valence-corrected chi connectivity index (χ3v) is 9.61. The van der Waals surface area contributed by atoms with Crippen LogP contribution in [0.25, 0.3) is 98.9 Å². The van der Waals surface area contributed by atoms with Gasteiger partial charge in [0.1, 0.15) is 0 Å². The topological polar surface area (TPSA) is 51.6 Å². The first kappa shape index (κ1) is 26.7. The van der Waals surface area contributed by atoms with E-state index in [4.69, 9.17) is 9.97 Å². The van der Waals surface area contributed by atoms with Crippen LogP contribution in [0.15, 0.2) is 158 Å². The van der Waals surface area contributed by atoms with Crippen LogP contribution < -0.4 is 0 Å². The Labute approximate surface area is 276 Å². The van der Waals surface area contributed by atoms with E-state index in [0.29, 0.717) is 0 Å². The molecular formula is C44H26N4. The van der Waals surface area contributed by atoms with Crippen molar-refractivity contribution >= 4 is 54.1 Å². The summed E-state index contributed by atoms with van der Waals surface area (Å²) in [5, 5.41) is 9.75.